The molecule has 3 N–H and O–H groups in total. The van der Waals surface area contributed by atoms with Gasteiger partial charge >= 0.3 is 0 Å². The highest BCUT2D eigenvalue weighted by atomic mass is 16.2. The second-order valence-corrected chi connectivity index (χ2v) is 7.19. The molecule has 2 aromatic carbocycles. The summed E-state index contributed by atoms with van der Waals surface area (Å²) in [7, 11) is 3.36. The fraction of sp³-hybridized carbons (Fsp3) is 0.227. The molecule has 0 spiro atoms. The van der Waals surface area contributed by atoms with E-state index in [9.17, 15) is 9.59 Å². The molecule has 0 saturated heterocycles. The van der Waals surface area contributed by atoms with Crippen molar-refractivity contribution < 1.29 is 9.59 Å². The van der Waals surface area contributed by atoms with Crippen molar-refractivity contribution >= 4 is 28.4 Å². The minimum atomic E-state index is -0.260. The number of likely N-dealkylation sites (N-methyl/N-ethyl adjacent to an activating group) is 1. The van der Waals surface area contributed by atoms with E-state index >= 15 is 0 Å². The normalized spacial score (nSPS) is 12.9. The number of aromatic nitrogens is 2. The van der Waals surface area contributed by atoms with E-state index in [0.717, 1.165) is 39.0 Å². The lowest BCUT2D eigenvalue weighted by atomic mass is 9.94. The fourth-order valence-corrected chi connectivity index (χ4v) is 3.87. The summed E-state index contributed by atoms with van der Waals surface area (Å²) in [5, 5.41) is 14.0. The summed E-state index contributed by atoms with van der Waals surface area (Å²) in [6, 6.07) is 10.1. The SMILES string of the molecule is C=C(CN1Cc2c(-c3ccc4n[nH]c(C)c4c3)ccc(NC)c2C1=O)C(=O)NC. The molecule has 2 amide bonds. The molecule has 148 valence electrons. The number of carbonyl (C=O) groups excluding carboxylic acids is 2. The lowest BCUT2D eigenvalue weighted by Gasteiger charge is -2.16. The van der Waals surface area contributed by atoms with Gasteiger partial charge in [-0.3, -0.25) is 14.7 Å². The molecule has 0 saturated carbocycles. The zero-order valence-corrected chi connectivity index (χ0v) is 16.7. The fourth-order valence-electron chi connectivity index (χ4n) is 3.87. The third-order valence-electron chi connectivity index (χ3n) is 5.42. The third-order valence-corrected chi connectivity index (χ3v) is 5.42. The topological polar surface area (TPSA) is 90.1 Å². The van der Waals surface area contributed by atoms with Crippen molar-refractivity contribution in [2.24, 2.45) is 0 Å². The lowest BCUT2D eigenvalue weighted by molar-refractivity contribution is -0.117. The Balaban J connectivity index is 1.78. The summed E-state index contributed by atoms with van der Waals surface area (Å²) < 4.78 is 0. The van der Waals surface area contributed by atoms with Crippen molar-refractivity contribution in [3.63, 3.8) is 0 Å². The van der Waals surface area contributed by atoms with Crippen LogP contribution in [0.4, 0.5) is 5.69 Å². The van der Waals surface area contributed by atoms with Crippen molar-refractivity contribution in [3.8, 4) is 11.1 Å². The summed E-state index contributed by atoms with van der Waals surface area (Å²) in [4.78, 5) is 26.6. The van der Waals surface area contributed by atoms with Crippen LogP contribution in [0.5, 0.6) is 0 Å². The second-order valence-electron chi connectivity index (χ2n) is 7.19. The molecule has 4 rings (SSSR count). The van der Waals surface area contributed by atoms with Crippen molar-refractivity contribution in [2.45, 2.75) is 13.5 Å². The molecule has 0 aliphatic carbocycles. The molecule has 2 heterocycles. The molecular weight excluding hydrogens is 366 g/mol. The molecule has 1 aliphatic heterocycles. The minimum absolute atomic E-state index is 0.100. The highest BCUT2D eigenvalue weighted by Gasteiger charge is 2.33. The zero-order valence-electron chi connectivity index (χ0n) is 16.7. The van der Waals surface area contributed by atoms with Crippen LogP contribution in [0.2, 0.25) is 0 Å². The number of nitrogens with one attached hydrogen (secondary N) is 3. The predicted octanol–water partition coefficient (Wildman–Crippen LogP) is 2.84. The van der Waals surface area contributed by atoms with E-state index in [0.29, 0.717) is 17.7 Å². The molecule has 3 aromatic rings. The van der Waals surface area contributed by atoms with Crippen LogP contribution >= 0.6 is 0 Å². The maximum atomic E-state index is 13.1. The Bertz CT molecular complexity index is 1160. The number of aryl methyl sites for hydroxylation is 1. The minimum Gasteiger partial charge on any atom is -0.387 e. The third kappa shape index (κ3) is 3.04. The Labute approximate surface area is 168 Å². The van der Waals surface area contributed by atoms with Crippen molar-refractivity contribution in [3.05, 3.63) is 59.3 Å². The number of hydrogen-bond acceptors (Lipinski definition) is 4. The van der Waals surface area contributed by atoms with E-state index < -0.39 is 0 Å². The molecule has 7 nitrogen and oxygen atoms in total. The van der Waals surface area contributed by atoms with E-state index in [1.54, 1.807) is 19.0 Å². The summed E-state index contributed by atoms with van der Waals surface area (Å²) in [6.07, 6.45) is 0. The Morgan fingerprint density at radius 1 is 1.28 bits per heavy atom. The number of benzene rings is 2. The van der Waals surface area contributed by atoms with Gasteiger partial charge in [0.2, 0.25) is 5.91 Å². The van der Waals surface area contributed by atoms with Crippen LogP contribution in [0.3, 0.4) is 0 Å². The number of H-pyrrole nitrogens is 1. The van der Waals surface area contributed by atoms with Gasteiger partial charge in [-0.25, -0.2) is 0 Å². The molecule has 0 atom stereocenters. The first-order chi connectivity index (χ1) is 13.9. The average Bonchev–Trinajstić information content (AvgIpc) is 3.27. The van der Waals surface area contributed by atoms with E-state index in [1.807, 2.05) is 31.2 Å². The molecule has 1 aromatic heterocycles. The number of nitrogens with zero attached hydrogens (tertiary/aromatic N) is 2. The lowest BCUT2D eigenvalue weighted by Crippen LogP contribution is -2.31. The standard InChI is InChI=1S/C22H23N5O2/c1-12(21(28)24-4)10-27-11-17-15(6-8-19(23-3)20(17)22(27)29)14-5-7-18-16(9-14)13(2)25-26-18/h5-9,23H,1,10-11H2,2-4H3,(H,24,28)(H,25,26). The second kappa shape index (κ2) is 7.09. The number of carbonyl (C=O) groups is 2. The molecule has 0 bridgehead atoms. The van der Waals surface area contributed by atoms with Gasteiger partial charge in [0.05, 0.1) is 17.6 Å². The van der Waals surface area contributed by atoms with E-state index in [-0.39, 0.29) is 18.4 Å². The Hall–Kier alpha value is -3.61. The van der Waals surface area contributed by atoms with Gasteiger partial charge in [-0.15, -0.1) is 0 Å². The first-order valence-electron chi connectivity index (χ1n) is 9.42. The molecular formula is C22H23N5O2. The first kappa shape index (κ1) is 18.7. The van der Waals surface area contributed by atoms with E-state index in [2.05, 4.69) is 33.5 Å². The van der Waals surface area contributed by atoms with Gasteiger partial charge in [0.1, 0.15) is 0 Å². The van der Waals surface area contributed by atoms with Crippen LogP contribution in [-0.4, -0.2) is 47.6 Å². The van der Waals surface area contributed by atoms with Gasteiger partial charge in [0.15, 0.2) is 0 Å². The molecule has 0 fully saturated rings. The van der Waals surface area contributed by atoms with E-state index in [4.69, 9.17) is 0 Å². The molecule has 29 heavy (non-hydrogen) atoms. The maximum Gasteiger partial charge on any atom is 0.256 e. The van der Waals surface area contributed by atoms with Gasteiger partial charge in [-0.1, -0.05) is 18.7 Å². The largest absolute Gasteiger partial charge is 0.387 e. The van der Waals surface area contributed by atoms with Gasteiger partial charge in [-0.2, -0.15) is 5.10 Å². The number of hydrogen-bond donors (Lipinski definition) is 3. The summed E-state index contributed by atoms with van der Waals surface area (Å²) >= 11 is 0. The van der Waals surface area contributed by atoms with Crippen LogP contribution < -0.4 is 10.6 Å². The Morgan fingerprint density at radius 3 is 2.79 bits per heavy atom. The van der Waals surface area contributed by atoms with Gasteiger partial charge in [0.25, 0.3) is 5.91 Å². The summed E-state index contributed by atoms with van der Waals surface area (Å²) in [6.45, 7) is 6.42. The molecule has 1 aliphatic rings. The monoisotopic (exact) mass is 389 g/mol. The number of aromatic amines is 1. The highest BCUT2D eigenvalue weighted by Crippen LogP contribution is 2.38. The van der Waals surface area contributed by atoms with Gasteiger partial charge < -0.3 is 15.5 Å². The van der Waals surface area contributed by atoms with Gasteiger partial charge in [-0.05, 0) is 41.8 Å². The quantitative estimate of drug-likeness (QED) is 0.586. The molecule has 7 heteroatoms. The van der Waals surface area contributed by atoms with Crippen LogP contribution in [0.15, 0.2) is 42.5 Å². The Kier molecular flexibility index (Phi) is 4.58. The Morgan fingerprint density at radius 2 is 2.07 bits per heavy atom. The molecule has 0 unspecified atom stereocenters. The number of amides is 2. The van der Waals surface area contributed by atoms with Crippen molar-refractivity contribution in [1.29, 1.82) is 0 Å². The maximum absolute atomic E-state index is 13.1. The number of rotatable bonds is 5. The van der Waals surface area contributed by atoms with Crippen molar-refractivity contribution in [1.82, 2.24) is 20.4 Å². The smallest absolute Gasteiger partial charge is 0.256 e. The average molecular weight is 389 g/mol. The first-order valence-corrected chi connectivity index (χ1v) is 9.42. The van der Waals surface area contributed by atoms with Crippen LogP contribution in [-0.2, 0) is 11.3 Å². The van der Waals surface area contributed by atoms with Crippen LogP contribution in [0.1, 0.15) is 21.6 Å². The zero-order chi connectivity index (χ0) is 20.7. The molecule has 0 radical (unpaired) electrons. The number of anilines is 1. The van der Waals surface area contributed by atoms with Gasteiger partial charge in [0, 0.05) is 43.0 Å². The van der Waals surface area contributed by atoms with E-state index in [1.165, 1.54) is 0 Å². The predicted molar refractivity (Wildman–Crippen MR) is 114 cm³/mol. The number of fused-ring (bicyclic) bond motifs is 2. The summed E-state index contributed by atoms with van der Waals surface area (Å²) in [5.41, 5.74) is 6.69. The van der Waals surface area contributed by atoms with Crippen LogP contribution in [0.25, 0.3) is 22.0 Å². The van der Waals surface area contributed by atoms with Crippen LogP contribution in [0, 0.1) is 6.92 Å². The summed E-state index contributed by atoms with van der Waals surface area (Å²) in [5.74, 6) is -0.361. The van der Waals surface area contributed by atoms with Crippen molar-refractivity contribution in [2.75, 3.05) is 26.0 Å². The highest BCUT2D eigenvalue weighted by molar-refractivity contribution is 6.06.